The standard InChI is InChI=1S/C29H29NO2.C21H23N/c31-29(32-20-21-9-2-1-3-10-21)30-25-14-8-13-24(19-25)28-26-15-6-4-11-22(26)17-18-23-12-5-7-16-27(23)28;22-18-9-5-8-17(14-18)21-19-10-3-1-6-15(19)12-13-16-7-2-4-11-20(16)21/h1-7,9-12,15-16,25H,8,13-14,17-20H2,(H,30,31);1-4,6-7,10-11,18H,5,8-9,12-14,22H2. The Kier molecular flexibility index (Phi) is 11.2. The van der Waals surface area contributed by atoms with Gasteiger partial charge in [-0.3, -0.25) is 0 Å². The maximum Gasteiger partial charge on any atom is 0.407 e. The Balaban J connectivity index is 0.000000164. The molecule has 2 atom stereocenters. The van der Waals surface area contributed by atoms with Gasteiger partial charge in [0.05, 0.1) is 0 Å². The molecule has 4 aliphatic carbocycles. The lowest BCUT2D eigenvalue weighted by atomic mass is 9.82. The third kappa shape index (κ3) is 8.15. The second kappa shape index (κ2) is 16.9. The summed E-state index contributed by atoms with van der Waals surface area (Å²) < 4.78 is 5.48. The van der Waals surface area contributed by atoms with Gasteiger partial charge in [-0.15, -0.1) is 0 Å². The van der Waals surface area contributed by atoms with Gasteiger partial charge in [-0.25, -0.2) is 4.79 Å². The summed E-state index contributed by atoms with van der Waals surface area (Å²) in [5.74, 6) is 0. The van der Waals surface area contributed by atoms with Gasteiger partial charge in [0.1, 0.15) is 6.61 Å². The molecule has 0 radical (unpaired) electrons. The van der Waals surface area contributed by atoms with Crippen molar-refractivity contribution in [1.82, 2.24) is 5.32 Å². The number of nitrogens with two attached hydrogens (primary N) is 1. The van der Waals surface area contributed by atoms with E-state index in [1.54, 1.807) is 5.57 Å². The first-order valence-corrected chi connectivity index (χ1v) is 20.1. The smallest absolute Gasteiger partial charge is 0.407 e. The summed E-state index contributed by atoms with van der Waals surface area (Å²) in [4.78, 5) is 12.5. The Bertz CT molecular complexity index is 2060. The summed E-state index contributed by atoms with van der Waals surface area (Å²) in [6, 6.07) is 45.8. The number of carbonyl (C=O) groups excluding carboxylic acids is 1. The van der Waals surface area contributed by atoms with Crippen LogP contribution < -0.4 is 11.1 Å². The van der Waals surface area contributed by atoms with Crippen molar-refractivity contribution >= 4 is 17.2 Å². The third-order valence-electron chi connectivity index (χ3n) is 11.8. The van der Waals surface area contributed by atoms with Gasteiger partial charge in [0.25, 0.3) is 0 Å². The van der Waals surface area contributed by atoms with Crippen molar-refractivity contribution in [2.45, 2.75) is 95.7 Å². The van der Waals surface area contributed by atoms with E-state index < -0.39 is 0 Å². The quantitative estimate of drug-likeness (QED) is 0.196. The zero-order chi connectivity index (χ0) is 36.7. The highest BCUT2D eigenvalue weighted by molar-refractivity contribution is 5.87. The van der Waals surface area contributed by atoms with Crippen LogP contribution in [0, 0.1) is 0 Å². The minimum Gasteiger partial charge on any atom is -0.445 e. The molecule has 4 aliphatic rings. The fourth-order valence-electron chi connectivity index (χ4n) is 9.19. The van der Waals surface area contributed by atoms with Gasteiger partial charge in [0, 0.05) is 12.1 Å². The lowest BCUT2D eigenvalue weighted by Gasteiger charge is -2.28. The molecule has 0 aliphatic heterocycles. The normalized spacial score (nSPS) is 19.1. The minimum atomic E-state index is -0.327. The molecular weight excluding hydrogens is 661 g/mol. The molecule has 1 amide bonds. The molecule has 0 heterocycles. The number of ether oxygens (including phenoxy) is 1. The van der Waals surface area contributed by atoms with E-state index in [-0.39, 0.29) is 12.1 Å². The van der Waals surface area contributed by atoms with Gasteiger partial charge >= 0.3 is 6.09 Å². The molecular formula is C50H52N2O2. The topological polar surface area (TPSA) is 64.4 Å². The summed E-state index contributed by atoms with van der Waals surface area (Å²) in [5, 5.41) is 3.13. The molecule has 0 spiro atoms. The first-order valence-electron chi connectivity index (χ1n) is 20.1. The number of amides is 1. The number of fused-ring (bicyclic) bond motifs is 4. The van der Waals surface area contributed by atoms with Gasteiger partial charge in [0.2, 0.25) is 0 Å². The monoisotopic (exact) mass is 712 g/mol. The van der Waals surface area contributed by atoms with Crippen LogP contribution in [0.1, 0.15) is 101 Å². The number of alkyl carbamates (subject to hydrolysis) is 1. The van der Waals surface area contributed by atoms with Gasteiger partial charge in [0.15, 0.2) is 0 Å². The molecule has 0 saturated heterocycles. The molecule has 2 unspecified atom stereocenters. The lowest BCUT2D eigenvalue weighted by molar-refractivity contribution is 0.134. The zero-order valence-electron chi connectivity index (χ0n) is 31.4. The van der Waals surface area contributed by atoms with Crippen LogP contribution in [-0.2, 0) is 37.0 Å². The molecule has 3 N–H and O–H groups in total. The van der Waals surface area contributed by atoms with E-state index in [4.69, 9.17) is 10.5 Å². The van der Waals surface area contributed by atoms with Crippen LogP contribution in [0.2, 0.25) is 0 Å². The molecule has 5 aromatic rings. The largest absolute Gasteiger partial charge is 0.445 e. The SMILES string of the molecule is NC1CCCC(=C2c3ccccc3CCc3ccccc32)C1.O=C(NC1CCCC(=C2c3ccccc3CCc3ccccc32)C1)OCc1ccccc1. The molecule has 0 aromatic heterocycles. The summed E-state index contributed by atoms with van der Waals surface area (Å²) in [5.41, 5.74) is 24.6. The van der Waals surface area contributed by atoms with Crippen molar-refractivity contribution in [2.24, 2.45) is 5.73 Å². The van der Waals surface area contributed by atoms with Crippen molar-refractivity contribution in [2.75, 3.05) is 0 Å². The second-order valence-corrected chi connectivity index (χ2v) is 15.4. The van der Waals surface area contributed by atoms with E-state index in [2.05, 4.69) is 102 Å². The lowest BCUT2D eigenvalue weighted by Crippen LogP contribution is -2.37. The van der Waals surface area contributed by atoms with Crippen LogP contribution in [0.4, 0.5) is 4.79 Å². The minimum absolute atomic E-state index is 0.108. The van der Waals surface area contributed by atoms with E-state index in [9.17, 15) is 4.79 Å². The van der Waals surface area contributed by atoms with Crippen molar-refractivity contribution in [3.05, 3.63) is 189 Å². The van der Waals surface area contributed by atoms with Crippen LogP contribution >= 0.6 is 0 Å². The van der Waals surface area contributed by atoms with Gasteiger partial charge in [-0.05, 0) is 138 Å². The van der Waals surface area contributed by atoms with E-state index in [1.165, 1.54) is 80.5 Å². The summed E-state index contributed by atoms with van der Waals surface area (Å²) in [7, 11) is 0. The predicted octanol–water partition coefficient (Wildman–Crippen LogP) is 10.9. The Hall–Kier alpha value is -5.19. The maximum atomic E-state index is 12.5. The number of aryl methyl sites for hydroxylation is 4. The first kappa shape index (κ1) is 35.8. The Morgan fingerprint density at radius 3 is 1.44 bits per heavy atom. The molecule has 4 nitrogen and oxygen atoms in total. The van der Waals surface area contributed by atoms with Crippen LogP contribution in [-0.4, -0.2) is 18.2 Å². The molecule has 274 valence electrons. The molecule has 54 heavy (non-hydrogen) atoms. The molecule has 9 rings (SSSR count). The van der Waals surface area contributed by atoms with E-state index in [1.807, 2.05) is 30.3 Å². The fraction of sp³-hybridized carbons (Fsp3) is 0.300. The number of nitrogens with one attached hydrogen (secondary N) is 1. The number of rotatable bonds is 3. The second-order valence-electron chi connectivity index (χ2n) is 15.4. The van der Waals surface area contributed by atoms with Crippen molar-refractivity contribution in [1.29, 1.82) is 0 Å². The maximum absolute atomic E-state index is 12.5. The summed E-state index contributed by atoms with van der Waals surface area (Å²) in [6.07, 6.45) is 12.7. The van der Waals surface area contributed by atoms with Crippen LogP contribution in [0.5, 0.6) is 0 Å². The summed E-state index contributed by atoms with van der Waals surface area (Å²) >= 11 is 0. The van der Waals surface area contributed by atoms with Gasteiger partial charge in [-0.2, -0.15) is 0 Å². The van der Waals surface area contributed by atoms with Crippen LogP contribution in [0.15, 0.2) is 139 Å². The highest BCUT2D eigenvalue weighted by Crippen LogP contribution is 2.41. The Labute approximate surface area is 321 Å². The highest BCUT2D eigenvalue weighted by Gasteiger charge is 2.27. The van der Waals surface area contributed by atoms with Crippen LogP contribution in [0.25, 0.3) is 11.1 Å². The summed E-state index contributed by atoms with van der Waals surface area (Å²) in [6.45, 7) is 0.300. The number of hydrogen-bond acceptors (Lipinski definition) is 3. The predicted molar refractivity (Wildman–Crippen MR) is 221 cm³/mol. The van der Waals surface area contributed by atoms with Crippen molar-refractivity contribution in [3.8, 4) is 0 Å². The van der Waals surface area contributed by atoms with E-state index in [0.29, 0.717) is 12.6 Å². The molecule has 5 aromatic carbocycles. The zero-order valence-corrected chi connectivity index (χ0v) is 31.4. The first-order chi connectivity index (χ1) is 26.6. The third-order valence-corrected chi connectivity index (χ3v) is 11.8. The molecule has 2 fully saturated rings. The van der Waals surface area contributed by atoms with E-state index in [0.717, 1.165) is 63.4 Å². The number of benzene rings is 5. The number of hydrogen-bond donors (Lipinski definition) is 2. The van der Waals surface area contributed by atoms with E-state index >= 15 is 0 Å². The Morgan fingerprint density at radius 1 is 0.537 bits per heavy atom. The van der Waals surface area contributed by atoms with Crippen molar-refractivity contribution in [3.63, 3.8) is 0 Å². The highest BCUT2D eigenvalue weighted by atomic mass is 16.5. The molecule has 2 saturated carbocycles. The Morgan fingerprint density at radius 2 is 0.963 bits per heavy atom. The molecule has 0 bridgehead atoms. The van der Waals surface area contributed by atoms with Crippen molar-refractivity contribution < 1.29 is 9.53 Å². The fourth-order valence-corrected chi connectivity index (χ4v) is 9.19. The average molecular weight is 713 g/mol. The van der Waals surface area contributed by atoms with Gasteiger partial charge in [-0.1, -0.05) is 139 Å². The number of carbonyl (C=O) groups is 1. The van der Waals surface area contributed by atoms with Gasteiger partial charge < -0.3 is 15.8 Å². The van der Waals surface area contributed by atoms with Crippen LogP contribution in [0.3, 0.4) is 0 Å². The average Bonchev–Trinajstić information content (AvgIpc) is 3.49. The molecule has 4 heteroatoms.